The Morgan fingerprint density at radius 1 is 1.15 bits per heavy atom. The van der Waals surface area contributed by atoms with Crippen molar-refractivity contribution in [3.05, 3.63) is 64.8 Å². The summed E-state index contributed by atoms with van der Waals surface area (Å²) in [6.07, 6.45) is 1.58. The Hall–Kier alpha value is -2.97. The highest BCUT2D eigenvalue weighted by molar-refractivity contribution is 6.30. The monoisotopic (exact) mass is 472 g/mol. The molecule has 0 radical (unpaired) electrons. The second-order valence-corrected chi connectivity index (χ2v) is 8.42. The summed E-state index contributed by atoms with van der Waals surface area (Å²) >= 11 is 6.13. The minimum atomic E-state index is -0.314. The molecule has 0 N–H and O–H groups in total. The second-order valence-electron chi connectivity index (χ2n) is 7.99. The quantitative estimate of drug-likeness (QED) is 0.489. The first-order chi connectivity index (χ1) is 16.0. The van der Waals surface area contributed by atoms with E-state index in [1.165, 1.54) is 12.1 Å². The van der Waals surface area contributed by atoms with Crippen LogP contribution >= 0.6 is 11.6 Å². The van der Waals surface area contributed by atoms with Gasteiger partial charge < -0.3 is 14.2 Å². The normalized spacial score (nSPS) is 14.5. The van der Waals surface area contributed by atoms with Crippen molar-refractivity contribution < 1.29 is 18.4 Å². The fourth-order valence-corrected chi connectivity index (χ4v) is 4.08. The molecule has 1 amide bonds. The summed E-state index contributed by atoms with van der Waals surface area (Å²) in [5.41, 5.74) is 1.74. The molecule has 174 valence electrons. The van der Waals surface area contributed by atoms with E-state index < -0.39 is 0 Å². The molecule has 2 aromatic carbocycles. The molecule has 0 spiro atoms. The number of hydrogen-bond donors (Lipinski definition) is 0. The number of hydrogen-bond acceptors (Lipinski definition) is 6. The standard InChI is InChI=1S/C24H26ClFN4O3/c1-32-21-10-7-19(25)15-18(21)16-29-11-13-30(14-12-29)23(31)4-2-3-22-27-24(28-33-22)17-5-8-20(26)9-6-17/h5-10,15H,2-4,11-14,16H2,1H3. The molecule has 0 unspecified atom stereocenters. The van der Waals surface area contributed by atoms with E-state index in [0.29, 0.717) is 54.7 Å². The molecule has 1 fully saturated rings. The molecule has 9 heteroatoms. The van der Waals surface area contributed by atoms with Gasteiger partial charge in [-0.15, -0.1) is 0 Å². The van der Waals surface area contributed by atoms with Gasteiger partial charge in [-0.25, -0.2) is 4.39 Å². The number of methoxy groups -OCH3 is 1. The van der Waals surface area contributed by atoms with Crippen LogP contribution in [0.15, 0.2) is 47.0 Å². The zero-order valence-corrected chi connectivity index (χ0v) is 19.2. The number of amides is 1. The van der Waals surface area contributed by atoms with Crippen molar-refractivity contribution in [3.8, 4) is 17.1 Å². The molecule has 7 nitrogen and oxygen atoms in total. The fourth-order valence-electron chi connectivity index (χ4n) is 3.89. The third-order valence-corrected chi connectivity index (χ3v) is 5.95. The van der Waals surface area contributed by atoms with Crippen molar-refractivity contribution >= 4 is 17.5 Å². The third-order valence-electron chi connectivity index (χ3n) is 5.71. The highest BCUT2D eigenvalue weighted by Gasteiger charge is 2.22. The Labute approximate surface area is 197 Å². The van der Waals surface area contributed by atoms with Crippen molar-refractivity contribution in [2.45, 2.75) is 25.8 Å². The molecule has 0 bridgehead atoms. The lowest BCUT2D eigenvalue weighted by molar-refractivity contribution is -0.133. The summed E-state index contributed by atoms with van der Waals surface area (Å²) in [6.45, 7) is 3.71. The maximum Gasteiger partial charge on any atom is 0.226 e. The zero-order chi connectivity index (χ0) is 23.2. The van der Waals surface area contributed by atoms with Crippen LogP contribution in [0.5, 0.6) is 5.75 Å². The van der Waals surface area contributed by atoms with E-state index in [1.54, 1.807) is 19.2 Å². The number of halogens is 2. The fraction of sp³-hybridized carbons (Fsp3) is 0.375. The van der Waals surface area contributed by atoms with Gasteiger partial charge in [-0.1, -0.05) is 16.8 Å². The topological polar surface area (TPSA) is 71.7 Å². The van der Waals surface area contributed by atoms with Gasteiger partial charge in [0.05, 0.1) is 7.11 Å². The number of nitrogens with zero attached hydrogens (tertiary/aromatic N) is 4. The molecule has 3 aromatic rings. The van der Waals surface area contributed by atoms with E-state index in [0.717, 1.165) is 30.9 Å². The van der Waals surface area contributed by atoms with E-state index in [4.69, 9.17) is 20.9 Å². The van der Waals surface area contributed by atoms with Gasteiger partial charge in [0.1, 0.15) is 11.6 Å². The summed E-state index contributed by atoms with van der Waals surface area (Å²) in [4.78, 5) is 21.2. The van der Waals surface area contributed by atoms with Crippen LogP contribution in [-0.4, -0.2) is 59.1 Å². The molecule has 1 aliphatic rings. The SMILES string of the molecule is COc1ccc(Cl)cc1CN1CCN(C(=O)CCCc2nc(-c3ccc(F)cc3)no2)CC1. The van der Waals surface area contributed by atoms with Crippen LogP contribution in [0.1, 0.15) is 24.3 Å². The van der Waals surface area contributed by atoms with Crippen molar-refractivity contribution in [2.75, 3.05) is 33.3 Å². The van der Waals surface area contributed by atoms with Gasteiger partial charge in [-0.05, 0) is 48.9 Å². The van der Waals surface area contributed by atoms with Gasteiger partial charge >= 0.3 is 0 Å². The molecule has 0 aliphatic carbocycles. The van der Waals surface area contributed by atoms with Crippen LogP contribution in [0.2, 0.25) is 5.02 Å². The minimum Gasteiger partial charge on any atom is -0.496 e. The highest BCUT2D eigenvalue weighted by Crippen LogP contribution is 2.24. The molecule has 2 heterocycles. The second kappa shape index (κ2) is 10.8. The van der Waals surface area contributed by atoms with Crippen LogP contribution in [0.3, 0.4) is 0 Å². The predicted molar refractivity (Wildman–Crippen MR) is 122 cm³/mol. The Morgan fingerprint density at radius 2 is 1.91 bits per heavy atom. The van der Waals surface area contributed by atoms with Crippen molar-refractivity contribution in [1.29, 1.82) is 0 Å². The molecule has 1 saturated heterocycles. The van der Waals surface area contributed by atoms with Gasteiger partial charge in [-0.3, -0.25) is 9.69 Å². The average molecular weight is 473 g/mol. The summed E-state index contributed by atoms with van der Waals surface area (Å²) in [5, 5.41) is 4.62. The smallest absolute Gasteiger partial charge is 0.226 e. The number of rotatable bonds is 8. The zero-order valence-electron chi connectivity index (χ0n) is 18.5. The Morgan fingerprint density at radius 3 is 2.64 bits per heavy atom. The molecule has 1 aromatic heterocycles. The highest BCUT2D eigenvalue weighted by atomic mass is 35.5. The average Bonchev–Trinajstić information content (AvgIpc) is 3.29. The van der Waals surface area contributed by atoms with Gasteiger partial charge in [0, 0.05) is 61.7 Å². The molecular weight excluding hydrogens is 447 g/mol. The number of carbonyl (C=O) groups is 1. The minimum absolute atomic E-state index is 0.133. The Bertz CT molecular complexity index is 1080. The van der Waals surface area contributed by atoms with Crippen LogP contribution in [0.25, 0.3) is 11.4 Å². The number of carbonyl (C=O) groups excluding carboxylic acids is 1. The lowest BCUT2D eigenvalue weighted by atomic mass is 10.1. The Balaban J connectivity index is 1.21. The third kappa shape index (κ3) is 6.09. The van der Waals surface area contributed by atoms with E-state index in [9.17, 15) is 9.18 Å². The summed E-state index contributed by atoms with van der Waals surface area (Å²) in [5.74, 6) is 1.53. The molecule has 4 rings (SSSR count). The van der Waals surface area contributed by atoms with Crippen molar-refractivity contribution in [3.63, 3.8) is 0 Å². The predicted octanol–water partition coefficient (Wildman–Crippen LogP) is 4.20. The largest absolute Gasteiger partial charge is 0.496 e. The summed E-state index contributed by atoms with van der Waals surface area (Å²) in [6, 6.07) is 11.6. The first-order valence-electron chi connectivity index (χ1n) is 10.9. The molecular formula is C24H26ClFN4O3. The molecule has 33 heavy (non-hydrogen) atoms. The lowest BCUT2D eigenvalue weighted by Crippen LogP contribution is -2.48. The molecule has 0 saturated carbocycles. The number of aromatic nitrogens is 2. The summed E-state index contributed by atoms with van der Waals surface area (Å²) in [7, 11) is 1.65. The van der Waals surface area contributed by atoms with Crippen LogP contribution in [0, 0.1) is 5.82 Å². The van der Waals surface area contributed by atoms with Gasteiger partial charge in [0.2, 0.25) is 17.6 Å². The van der Waals surface area contributed by atoms with Gasteiger partial charge in [0.15, 0.2) is 0 Å². The first-order valence-corrected chi connectivity index (χ1v) is 11.3. The van der Waals surface area contributed by atoms with Crippen LogP contribution in [0.4, 0.5) is 4.39 Å². The molecule has 0 atom stereocenters. The maximum absolute atomic E-state index is 13.1. The van der Waals surface area contributed by atoms with Gasteiger partial charge in [0.25, 0.3) is 0 Å². The maximum atomic E-state index is 13.1. The summed E-state index contributed by atoms with van der Waals surface area (Å²) < 4.78 is 23.8. The number of aryl methyl sites for hydroxylation is 1. The first kappa shape index (κ1) is 23.2. The number of ether oxygens (including phenoxy) is 1. The van der Waals surface area contributed by atoms with E-state index in [-0.39, 0.29) is 11.7 Å². The van der Waals surface area contributed by atoms with Crippen molar-refractivity contribution in [1.82, 2.24) is 19.9 Å². The van der Waals surface area contributed by atoms with Crippen LogP contribution < -0.4 is 4.74 Å². The molecule has 1 aliphatic heterocycles. The van der Waals surface area contributed by atoms with E-state index >= 15 is 0 Å². The van der Waals surface area contributed by atoms with Crippen LogP contribution in [-0.2, 0) is 17.8 Å². The van der Waals surface area contributed by atoms with E-state index in [1.807, 2.05) is 23.1 Å². The number of benzene rings is 2. The lowest BCUT2D eigenvalue weighted by Gasteiger charge is -2.35. The van der Waals surface area contributed by atoms with E-state index in [2.05, 4.69) is 15.0 Å². The number of piperazine rings is 1. The Kier molecular flexibility index (Phi) is 7.57. The van der Waals surface area contributed by atoms with Gasteiger partial charge in [-0.2, -0.15) is 4.98 Å². The van der Waals surface area contributed by atoms with Crippen molar-refractivity contribution in [2.24, 2.45) is 0 Å².